The maximum atomic E-state index is 11.8. The molecule has 0 aliphatic heterocycles. The van der Waals surface area contributed by atoms with E-state index in [9.17, 15) is 8.42 Å². The third-order valence-electron chi connectivity index (χ3n) is 2.05. The van der Waals surface area contributed by atoms with Crippen molar-refractivity contribution in [1.82, 2.24) is 4.72 Å². The van der Waals surface area contributed by atoms with Crippen LogP contribution >= 0.6 is 11.6 Å². The maximum absolute atomic E-state index is 11.8. The van der Waals surface area contributed by atoms with Crippen molar-refractivity contribution in [2.45, 2.75) is 18.2 Å². The van der Waals surface area contributed by atoms with Crippen LogP contribution in [-0.4, -0.2) is 26.7 Å². The molecule has 0 heterocycles. The van der Waals surface area contributed by atoms with Crippen molar-refractivity contribution >= 4 is 21.6 Å². The van der Waals surface area contributed by atoms with E-state index in [1.807, 2.05) is 0 Å². The summed E-state index contributed by atoms with van der Waals surface area (Å²) in [5.41, 5.74) is 0.601. The predicted octanol–water partition coefficient (Wildman–Crippen LogP) is 1.31. The van der Waals surface area contributed by atoms with Gasteiger partial charge in [-0.2, -0.15) is 0 Å². The molecule has 0 aliphatic rings. The first kappa shape index (κ1) is 13.4. The van der Waals surface area contributed by atoms with Crippen molar-refractivity contribution in [2.75, 3.05) is 13.2 Å². The Labute approximate surface area is 100 Å². The van der Waals surface area contributed by atoms with E-state index in [0.29, 0.717) is 17.0 Å². The minimum Gasteiger partial charge on any atom is -0.396 e. The lowest BCUT2D eigenvalue weighted by Gasteiger charge is -2.08. The summed E-state index contributed by atoms with van der Waals surface area (Å²) >= 11 is 5.75. The summed E-state index contributed by atoms with van der Waals surface area (Å²) in [5, 5.41) is 9.08. The van der Waals surface area contributed by atoms with E-state index in [4.69, 9.17) is 16.7 Å². The molecular formula is C10H14ClNO3S. The van der Waals surface area contributed by atoms with Gasteiger partial charge in [-0.15, -0.1) is 0 Å². The highest BCUT2D eigenvalue weighted by Crippen LogP contribution is 2.19. The Morgan fingerprint density at radius 2 is 2.12 bits per heavy atom. The van der Waals surface area contributed by atoms with Gasteiger partial charge in [0, 0.05) is 18.2 Å². The van der Waals surface area contributed by atoms with Crippen LogP contribution in [0.1, 0.15) is 12.0 Å². The number of benzene rings is 1. The number of nitrogens with one attached hydrogen (secondary N) is 1. The molecule has 0 atom stereocenters. The van der Waals surface area contributed by atoms with Gasteiger partial charge in [0.15, 0.2) is 0 Å². The lowest BCUT2D eigenvalue weighted by Crippen LogP contribution is -2.26. The average Bonchev–Trinajstić information content (AvgIpc) is 2.17. The third-order valence-corrected chi connectivity index (χ3v) is 3.91. The van der Waals surface area contributed by atoms with Crippen LogP contribution in [0.4, 0.5) is 0 Å². The molecule has 0 unspecified atom stereocenters. The van der Waals surface area contributed by atoms with E-state index >= 15 is 0 Å². The molecule has 6 heteroatoms. The lowest BCUT2D eigenvalue weighted by atomic mass is 10.2. The number of rotatable bonds is 5. The van der Waals surface area contributed by atoms with Crippen LogP contribution in [0.3, 0.4) is 0 Å². The fraction of sp³-hybridized carbons (Fsp3) is 0.400. The van der Waals surface area contributed by atoms with Crippen LogP contribution < -0.4 is 4.72 Å². The van der Waals surface area contributed by atoms with Gasteiger partial charge in [0.05, 0.1) is 4.90 Å². The smallest absolute Gasteiger partial charge is 0.240 e. The molecule has 0 aliphatic carbocycles. The number of aliphatic hydroxyl groups excluding tert-OH is 1. The topological polar surface area (TPSA) is 66.4 Å². The third kappa shape index (κ3) is 3.45. The molecule has 1 aromatic rings. The van der Waals surface area contributed by atoms with Gasteiger partial charge in [0.2, 0.25) is 10.0 Å². The zero-order valence-electron chi connectivity index (χ0n) is 8.90. The van der Waals surface area contributed by atoms with E-state index in [1.54, 1.807) is 13.0 Å². The molecule has 0 fully saturated rings. The molecule has 0 radical (unpaired) electrons. The summed E-state index contributed by atoms with van der Waals surface area (Å²) < 4.78 is 26.0. The molecule has 0 amide bonds. The summed E-state index contributed by atoms with van der Waals surface area (Å²) in [6.07, 6.45) is 0.395. The molecule has 2 N–H and O–H groups in total. The average molecular weight is 264 g/mol. The quantitative estimate of drug-likeness (QED) is 0.787. The first-order valence-electron chi connectivity index (χ1n) is 4.84. The molecule has 16 heavy (non-hydrogen) atoms. The van der Waals surface area contributed by atoms with Crippen molar-refractivity contribution in [3.8, 4) is 0 Å². The largest absolute Gasteiger partial charge is 0.396 e. The van der Waals surface area contributed by atoms with E-state index in [2.05, 4.69) is 4.72 Å². The minimum atomic E-state index is -3.50. The van der Waals surface area contributed by atoms with Crippen LogP contribution in [0.2, 0.25) is 5.02 Å². The molecule has 0 bridgehead atoms. The second-order valence-corrected chi connectivity index (χ2v) is 5.56. The Bertz CT molecular complexity index is 459. The predicted molar refractivity (Wildman–Crippen MR) is 63.1 cm³/mol. The summed E-state index contributed by atoms with van der Waals surface area (Å²) in [6, 6.07) is 4.61. The molecule has 90 valence electrons. The zero-order valence-corrected chi connectivity index (χ0v) is 10.5. The van der Waals surface area contributed by atoms with Gasteiger partial charge >= 0.3 is 0 Å². The zero-order chi connectivity index (χ0) is 12.2. The number of aryl methyl sites for hydroxylation is 1. The molecule has 0 aromatic heterocycles. The van der Waals surface area contributed by atoms with Crippen LogP contribution in [0, 0.1) is 6.92 Å². The molecule has 1 aromatic carbocycles. The molecule has 0 saturated carbocycles. The highest BCUT2D eigenvalue weighted by Gasteiger charge is 2.15. The Hall–Kier alpha value is -0.620. The highest BCUT2D eigenvalue weighted by molar-refractivity contribution is 7.89. The standard InChI is InChI=1S/C10H14ClNO3S/c1-8-7-9(11)3-4-10(8)16(14,15)12-5-2-6-13/h3-4,7,12-13H,2,5-6H2,1H3. The van der Waals surface area contributed by atoms with Gasteiger partial charge in [0.25, 0.3) is 0 Å². The first-order chi connectivity index (χ1) is 7.47. The van der Waals surface area contributed by atoms with Gasteiger partial charge in [-0.3, -0.25) is 0 Å². The number of halogens is 1. The fourth-order valence-corrected chi connectivity index (χ4v) is 2.80. The summed E-state index contributed by atoms with van der Waals surface area (Å²) in [7, 11) is -3.50. The van der Waals surface area contributed by atoms with Crippen molar-refractivity contribution in [3.63, 3.8) is 0 Å². The van der Waals surface area contributed by atoms with Gasteiger partial charge in [-0.1, -0.05) is 11.6 Å². The van der Waals surface area contributed by atoms with Gasteiger partial charge in [-0.25, -0.2) is 13.1 Å². The Kier molecular flexibility index (Phi) is 4.73. The summed E-state index contributed by atoms with van der Waals surface area (Å²) in [4.78, 5) is 0.217. The second-order valence-electron chi connectivity index (χ2n) is 3.38. The van der Waals surface area contributed by atoms with Crippen LogP contribution in [0.5, 0.6) is 0 Å². The molecule has 0 saturated heterocycles. The van der Waals surface area contributed by atoms with E-state index in [0.717, 1.165) is 0 Å². The molecular weight excluding hydrogens is 250 g/mol. The molecule has 1 rings (SSSR count). The summed E-state index contributed by atoms with van der Waals surface area (Å²) in [6.45, 7) is 1.87. The highest BCUT2D eigenvalue weighted by atomic mass is 35.5. The fourth-order valence-electron chi connectivity index (χ4n) is 1.28. The van der Waals surface area contributed by atoms with Crippen molar-refractivity contribution < 1.29 is 13.5 Å². The summed E-state index contributed by atoms with van der Waals surface area (Å²) in [5.74, 6) is 0. The number of sulfonamides is 1. The van der Waals surface area contributed by atoms with Gasteiger partial charge < -0.3 is 5.11 Å². The second kappa shape index (κ2) is 5.63. The number of hydrogen-bond acceptors (Lipinski definition) is 3. The number of hydrogen-bond donors (Lipinski definition) is 2. The first-order valence-corrected chi connectivity index (χ1v) is 6.70. The van der Waals surface area contributed by atoms with Crippen molar-refractivity contribution in [3.05, 3.63) is 28.8 Å². The van der Waals surface area contributed by atoms with E-state index < -0.39 is 10.0 Å². The van der Waals surface area contributed by atoms with Crippen molar-refractivity contribution in [2.24, 2.45) is 0 Å². The molecule has 0 spiro atoms. The van der Waals surface area contributed by atoms with Crippen molar-refractivity contribution in [1.29, 1.82) is 0 Å². The Morgan fingerprint density at radius 3 is 2.69 bits per heavy atom. The van der Waals surface area contributed by atoms with Crippen LogP contribution in [0.25, 0.3) is 0 Å². The van der Waals surface area contributed by atoms with Gasteiger partial charge in [-0.05, 0) is 37.1 Å². The Morgan fingerprint density at radius 1 is 1.44 bits per heavy atom. The van der Waals surface area contributed by atoms with Crippen LogP contribution in [0.15, 0.2) is 23.1 Å². The monoisotopic (exact) mass is 263 g/mol. The maximum Gasteiger partial charge on any atom is 0.240 e. The van der Waals surface area contributed by atoms with Gasteiger partial charge in [0.1, 0.15) is 0 Å². The normalized spacial score (nSPS) is 11.7. The number of aliphatic hydroxyl groups is 1. The lowest BCUT2D eigenvalue weighted by molar-refractivity contribution is 0.289. The van der Waals surface area contributed by atoms with E-state index in [-0.39, 0.29) is 18.0 Å². The van der Waals surface area contributed by atoms with Crippen LogP contribution in [-0.2, 0) is 10.0 Å². The minimum absolute atomic E-state index is 0.0396. The SMILES string of the molecule is Cc1cc(Cl)ccc1S(=O)(=O)NCCCO. The Balaban J connectivity index is 2.90. The van der Waals surface area contributed by atoms with E-state index in [1.165, 1.54) is 12.1 Å². The molecule has 4 nitrogen and oxygen atoms in total.